The van der Waals surface area contributed by atoms with Crippen LogP contribution < -0.4 is 4.74 Å². The summed E-state index contributed by atoms with van der Waals surface area (Å²) < 4.78 is 6.07. The second-order valence-corrected chi connectivity index (χ2v) is 7.66. The Morgan fingerprint density at radius 2 is 2.00 bits per heavy atom. The number of nitrogens with zero attached hydrogens (tertiary/aromatic N) is 2. The first-order chi connectivity index (χ1) is 12.1. The van der Waals surface area contributed by atoms with Crippen LogP contribution in [0.5, 0.6) is 5.75 Å². The Labute approximate surface area is 153 Å². The molecule has 0 aliphatic rings. The molecule has 0 amide bonds. The Morgan fingerprint density at radius 1 is 1.20 bits per heavy atom. The summed E-state index contributed by atoms with van der Waals surface area (Å²) in [5.41, 5.74) is 5.26. The van der Waals surface area contributed by atoms with Crippen molar-refractivity contribution in [3.8, 4) is 5.75 Å². The molecule has 0 spiro atoms. The molecular weight excluding hydrogens is 330 g/mol. The second kappa shape index (κ2) is 8.02. The second-order valence-electron chi connectivity index (χ2n) is 6.94. The minimum atomic E-state index is 0.511. The summed E-state index contributed by atoms with van der Waals surface area (Å²) in [5.74, 6) is 0.933. The van der Waals surface area contributed by atoms with E-state index in [1.54, 1.807) is 11.3 Å². The van der Waals surface area contributed by atoms with Crippen LogP contribution in [0.1, 0.15) is 39.0 Å². The molecule has 1 aromatic carbocycles. The lowest BCUT2D eigenvalue weighted by Gasteiger charge is -2.30. The molecule has 0 aliphatic carbocycles. The third kappa shape index (κ3) is 4.22. The number of benzene rings is 1. The third-order valence-corrected chi connectivity index (χ3v) is 5.21. The summed E-state index contributed by atoms with van der Waals surface area (Å²) in [6, 6.07) is 7.29. The minimum absolute atomic E-state index is 0.511. The zero-order chi connectivity index (χ0) is 17.8. The summed E-state index contributed by atoms with van der Waals surface area (Å²) in [5, 5.41) is 3.23. The topological polar surface area (TPSA) is 41.2 Å². The van der Waals surface area contributed by atoms with E-state index in [4.69, 9.17) is 4.74 Å². The fourth-order valence-electron chi connectivity index (χ4n) is 3.36. The lowest BCUT2D eigenvalue weighted by Crippen LogP contribution is -2.38. The molecule has 2 heterocycles. The molecule has 134 valence electrons. The SMILES string of the molecule is CC(C)N(CCc1c[nH]c2cccc(OCc3cscn3)c12)C(C)C. The van der Waals surface area contributed by atoms with Gasteiger partial charge in [0.2, 0.25) is 0 Å². The van der Waals surface area contributed by atoms with Gasteiger partial charge in [0.15, 0.2) is 0 Å². The number of thiazole rings is 1. The Hall–Kier alpha value is -1.85. The zero-order valence-electron chi connectivity index (χ0n) is 15.5. The van der Waals surface area contributed by atoms with Crippen LogP contribution in [-0.2, 0) is 13.0 Å². The molecule has 0 fully saturated rings. The van der Waals surface area contributed by atoms with Gasteiger partial charge < -0.3 is 9.72 Å². The average Bonchev–Trinajstić information content (AvgIpc) is 3.22. The average molecular weight is 358 g/mol. The highest BCUT2D eigenvalue weighted by Crippen LogP contribution is 2.30. The number of ether oxygens (including phenoxy) is 1. The van der Waals surface area contributed by atoms with E-state index in [0.717, 1.165) is 29.9 Å². The highest BCUT2D eigenvalue weighted by molar-refractivity contribution is 7.07. The summed E-state index contributed by atoms with van der Waals surface area (Å²) in [6.07, 6.45) is 3.13. The van der Waals surface area contributed by atoms with Crippen LogP contribution in [-0.4, -0.2) is 33.5 Å². The number of aromatic nitrogens is 2. The number of hydrogen-bond acceptors (Lipinski definition) is 4. The number of H-pyrrole nitrogens is 1. The first kappa shape index (κ1) is 18.0. The van der Waals surface area contributed by atoms with Gasteiger partial charge in [-0.3, -0.25) is 4.90 Å². The molecule has 0 radical (unpaired) electrons. The van der Waals surface area contributed by atoms with Gasteiger partial charge >= 0.3 is 0 Å². The molecule has 3 aromatic rings. The highest BCUT2D eigenvalue weighted by atomic mass is 32.1. The summed E-state index contributed by atoms with van der Waals surface area (Å²) in [7, 11) is 0. The number of fused-ring (bicyclic) bond motifs is 1. The van der Waals surface area contributed by atoms with E-state index in [9.17, 15) is 0 Å². The molecule has 0 bridgehead atoms. The van der Waals surface area contributed by atoms with Gasteiger partial charge in [-0.1, -0.05) is 6.07 Å². The number of hydrogen-bond donors (Lipinski definition) is 1. The van der Waals surface area contributed by atoms with Crippen LogP contribution in [0.3, 0.4) is 0 Å². The van der Waals surface area contributed by atoms with Crippen molar-refractivity contribution in [1.29, 1.82) is 0 Å². The van der Waals surface area contributed by atoms with E-state index in [2.05, 4.69) is 60.9 Å². The first-order valence-electron chi connectivity index (χ1n) is 8.91. The van der Waals surface area contributed by atoms with Crippen LogP contribution in [0.25, 0.3) is 10.9 Å². The molecule has 3 rings (SSSR count). The van der Waals surface area contributed by atoms with Crippen molar-refractivity contribution < 1.29 is 4.74 Å². The molecule has 4 nitrogen and oxygen atoms in total. The molecule has 5 heteroatoms. The standard InChI is InChI=1S/C20H27N3OS/c1-14(2)23(15(3)4)9-8-16-10-21-18-6-5-7-19(20(16)18)24-11-17-12-25-13-22-17/h5-7,10,12-15,21H,8-9,11H2,1-4H3. The predicted octanol–water partition coefficient (Wildman–Crippen LogP) is 4.86. The van der Waals surface area contributed by atoms with Gasteiger partial charge in [-0.2, -0.15) is 0 Å². The molecule has 0 saturated heterocycles. The predicted molar refractivity (Wildman–Crippen MR) is 105 cm³/mol. The van der Waals surface area contributed by atoms with Crippen LogP contribution in [0.4, 0.5) is 0 Å². The van der Waals surface area contributed by atoms with Gasteiger partial charge in [0.05, 0.1) is 11.2 Å². The van der Waals surface area contributed by atoms with E-state index in [1.807, 2.05) is 17.0 Å². The molecular formula is C20H27N3OS. The van der Waals surface area contributed by atoms with E-state index in [-0.39, 0.29) is 0 Å². The molecule has 25 heavy (non-hydrogen) atoms. The summed E-state index contributed by atoms with van der Waals surface area (Å²) >= 11 is 1.60. The van der Waals surface area contributed by atoms with Gasteiger partial charge in [-0.25, -0.2) is 4.98 Å². The highest BCUT2D eigenvalue weighted by Gasteiger charge is 2.15. The maximum Gasteiger partial charge on any atom is 0.131 e. The van der Waals surface area contributed by atoms with Gasteiger partial charge in [-0.05, 0) is 51.8 Å². The van der Waals surface area contributed by atoms with Crippen molar-refractivity contribution >= 4 is 22.2 Å². The zero-order valence-corrected chi connectivity index (χ0v) is 16.3. The molecule has 0 saturated carbocycles. The van der Waals surface area contributed by atoms with E-state index in [1.165, 1.54) is 10.9 Å². The molecule has 0 atom stereocenters. The third-order valence-electron chi connectivity index (χ3n) is 4.57. The fraction of sp³-hybridized carbons (Fsp3) is 0.450. The quantitative estimate of drug-likeness (QED) is 0.625. The van der Waals surface area contributed by atoms with E-state index in [0.29, 0.717) is 18.7 Å². The Morgan fingerprint density at radius 3 is 2.68 bits per heavy atom. The number of nitrogens with one attached hydrogen (secondary N) is 1. The monoisotopic (exact) mass is 357 g/mol. The lowest BCUT2D eigenvalue weighted by atomic mass is 10.1. The van der Waals surface area contributed by atoms with Crippen LogP contribution in [0, 0.1) is 0 Å². The van der Waals surface area contributed by atoms with Crippen LogP contribution in [0.2, 0.25) is 0 Å². The molecule has 0 aliphatic heterocycles. The molecule has 1 N–H and O–H groups in total. The Kier molecular flexibility index (Phi) is 5.76. The van der Waals surface area contributed by atoms with E-state index >= 15 is 0 Å². The number of aromatic amines is 1. The Bertz CT molecular complexity index is 784. The van der Waals surface area contributed by atoms with Crippen molar-refractivity contribution in [3.63, 3.8) is 0 Å². The van der Waals surface area contributed by atoms with Crippen LogP contribution in [0.15, 0.2) is 35.3 Å². The van der Waals surface area contributed by atoms with Crippen molar-refractivity contribution in [2.45, 2.75) is 52.8 Å². The van der Waals surface area contributed by atoms with Crippen molar-refractivity contribution in [3.05, 3.63) is 46.5 Å². The maximum absolute atomic E-state index is 6.07. The van der Waals surface area contributed by atoms with Gasteiger partial charge in [0, 0.05) is 41.1 Å². The van der Waals surface area contributed by atoms with E-state index < -0.39 is 0 Å². The minimum Gasteiger partial charge on any atom is -0.487 e. The Balaban J connectivity index is 1.79. The largest absolute Gasteiger partial charge is 0.487 e. The maximum atomic E-state index is 6.07. The smallest absolute Gasteiger partial charge is 0.131 e. The van der Waals surface area contributed by atoms with Gasteiger partial charge in [0.1, 0.15) is 12.4 Å². The lowest BCUT2D eigenvalue weighted by molar-refractivity contribution is 0.177. The van der Waals surface area contributed by atoms with Gasteiger partial charge in [0.25, 0.3) is 0 Å². The van der Waals surface area contributed by atoms with Crippen molar-refractivity contribution in [2.75, 3.05) is 6.54 Å². The van der Waals surface area contributed by atoms with Crippen molar-refractivity contribution in [1.82, 2.24) is 14.9 Å². The molecule has 0 unspecified atom stereocenters. The van der Waals surface area contributed by atoms with Crippen LogP contribution >= 0.6 is 11.3 Å². The normalized spacial score (nSPS) is 12.0. The summed E-state index contributed by atoms with van der Waals surface area (Å²) in [4.78, 5) is 10.2. The summed E-state index contributed by atoms with van der Waals surface area (Å²) in [6.45, 7) is 10.6. The fourth-order valence-corrected chi connectivity index (χ4v) is 3.90. The molecule has 2 aromatic heterocycles. The first-order valence-corrected chi connectivity index (χ1v) is 9.85. The van der Waals surface area contributed by atoms with Crippen molar-refractivity contribution in [2.24, 2.45) is 0 Å². The van der Waals surface area contributed by atoms with Gasteiger partial charge in [-0.15, -0.1) is 11.3 Å². The number of rotatable bonds is 8.